The summed E-state index contributed by atoms with van der Waals surface area (Å²) >= 11 is 3.03. The fraction of sp³-hybridized carbons (Fsp3) is 0.375. The smallest absolute Gasteiger partial charge is 0.269 e. The van der Waals surface area contributed by atoms with Crippen LogP contribution in [0.25, 0.3) is 0 Å². The molecule has 1 N–H and O–H groups in total. The number of nitrogens with zero attached hydrogens (tertiary/aromatic N) is 1. The lowest BCUT2D eigenvalue weighted by Gasteiger charge is -2.11. The van der Waals surface area contributed by atoms with Crippen LogP contribution in [0.1, 0.15) is 17.6 Å². The lowest BCUT2D eigenvalue weighted by Crippen LogP contribution is -2.02. The molecule has 0 radical (unpaired) electrons. The molecule has 1 heterocycles. The Morgan fingerprint density at radius 3 is 2.71 bits per heavy atom. The highest BCUT2D eigenvalue weighted by Gasteiger charge is 2.21. The van der Waals surface area contributed by atoms with Gasteiger partial charge in [-0.25, -0.2) is 13.8 Å². The van der Waals surface area contributed by atoms with Gasteiger partial charge in [-0.15, -0.1) is 0 Å². The van der Waals surface area contributed by atoms with Crippen LogP contribution in [-0.2, 0) is 6.61 Å². The molecule has 0 amide bonds. The van der Waals surface area contributed by atoms with E-state index in [9.17, 15) is 8.78 Å². The van der Waals surface area contributed by atoms with Crippen molar-refractivity contribution in [3.63, 3.8) is 0 Å². The molecule has 1 rings (SSSR count). The Morgan fingerprint density at radius 2 is 2.29 bits per heavy atom. The van der Waals surface area contributed by atoms with Crippen LogP contribution in [0.3, 0.4) is 0 Å². The molecule has 3 nitrogen and oxygen atoms in total. The predicted molar refractivity (Wildman–Crippen MR) is 49.4 cm³/mol. The molecule has 0 aliphatic carbocycles. The molecule has 1 aromatic rings. The van der Waals surface area contributed by atoms with E-state index >= 15 is 0 Å². The number of hydrogen-bond donors (Lipinski definition) is 1. The molecule has 0 atom stereocenters. The number of hydrogen-bond acceptors (Lipinski definition) is 3. The summed E-state index contributed by atoms with van der Waals surface area (Å²) in [6.45, 7) is -0.487. The first-order valence-electron chi connectivity index (χ1n) is 3.72. The fourth-order valence-corrected chi connectivity index (χ4v) is 1.51. The van der Waals surface area contributed by atoms with Crippen LogP contribution < -0.4 is 4.74 Å². The van der Waals surface area contributed by atoms with Crippen molar-refractivity contribution >= 4 is 15.9 Å². The van der Waals surface area contributed by atoms with E-state index in [1.807, 2.05) is 0 Å². The standard InChI is InChI=1S/C8H8BrF2NO2/c1-14-8-6(7(10)11)4(3-13)5(9)2-12-8/h2,7,13H,3H2,1H3. The maximum Gasteiger partial charge on any atom is 0.269 e. The van der Waals surface area contributed by atoms with Crippen LogP contribution in [0.2, 0.25) is 0 Å². The normalized spacial score (nSPS) is 10.7. The molecule has 78 valence electrons. The Hall–Kier alpha value is -0.750. The minimum atomic E-state index is -2.72. The number of aliphatic hydroxyl groups is 1. The molecular weight excluding hydrogens is 260 g/mol. The van der Waals surface area contributed by atoms with Gasteiger partial charge >= 0.3 is 0 Å². The van der Waals surface area contributed by atoms with Crippen LogP contribution in [0.5, 0.6) is 5.88 Å². The van der Waals surface area contributed by atoms with Crippen molar-refractivity contribution in [1.29, 1.82) is 0 Å². The number of pyridine rings is 1. The van der Waals surface area contributed by atoms with Gasteiger partial charge in [-0.1, -0.05) is 0 Å². The molecule has 1 aromatic heterocycles. The van der Waals surface area contributed by atoms with E-state index in [0.717, 1.165) is 0 Å². The molecule has 0 spiro atoms. The summed E-state index contributed by atoms with van der Waals surface area (Å²) in [5.74, 6) is -0.160. The van der Waals surface area contributed by atoms with Crippen molar-refractivity contribution in [1.82, 2.24) is 4.98 Å². The van der Waals surface area contributed by atoms with Gasteiger partial charge in [0.1, 0.15) is 0 Å². The number of aromatic nitrogens is 1. The van der Waals surface area contributed by atoms with E-state index in [-0.39, 0.29) is 17.0 Å². The van der Waals surface area contributed by atoms with E-state index in [4.69, 9.17) is 5.11 Å². The number of aliphatic hydroxyl groups excluding tert-OH is 1. The van der Waals surface area contributed by atoms with Crippen LogP contribution in [0.4, 0.5) is 8.78 Å². The molecule has 0 saturated heterocycles. The summed E-state index contributed by atoms with van der Waals surface area (Å²) < 4.78 is 30.2. The number of ether oxygens (including phenoxy) is 1. The van der Waals surface area contributed by atoms with Crippen LogP contribution >= 0.6 is 15.9 Å². The topological polar surface area (TPSA) is 42.4 Å². The lowest BCUT2D eigenvalue weighted by molar-refractivity contribution is 0.141. The van der Waals surface area contributed by atoms with E-state index in [0.29, 0.717) is 4.47 Å². The monoisotopic (exact) mass is 267 g/mol. The maximum absolute atomic E-state index is 12.6. The third-order valence-electron chi connectivity index (χ3n) is 1.71. The minimum Gasteiger partial charge on any atom is -0.481 e. The Kier molecular flexibility index (Phi) is 3.77. The summed E-state index contributed by atoms with van der Waals surface area (Å²) in [4.78, 5) is 3.67. The van der Waals surface area contributed by atoms with Crippen LogP contribution in [0.15, 0.2) is 10.7 Å². The molecule has 0 aliphatic rings. The summed E-state index contributed by atoms with van der Waals surface area (Å²) in [6.07, 6.45) is -1.41. The van der Waals surface area contributed by atoms with Gasteiger partial charge in [0.05, 0.1) is 19.3 Å². The molecular formula is C8H8BrF2NO2. The molecule has 0 fully saturated rings. The van der Waals surface area contributed by atoms with Gasteiger partial charge in [0, 0.05) is 16.2 Å². The molecule has 0 aliphatic heterocycles. The quantitative estimate of drug-likeness (QED) is 0.914. The van der Waals surface area contributed by atoms with Gasteiger partial charge in [-0.3, -0.25) is 0 Å². The van der Waals surface area contributed by atoms with Crippen molar-refractivity contribution in [2.45, 2.75) is 13.0 Å². The Bertz CT molecular complexity index is 333. The highest BCUT2D eigenvalue weighted by molar-refractivity contribution is 9.10. The second-order valence-corrected chi connectivity index (χ2v) is 3.32. The summed E-state index contributed by atoms with van der Waals surface area (Å²) in [5.41, 5.74) is -0.267. The zero-order valence-corrected chi connectivity index (χ0v) is 8.88. The Morgan fingerprint density at radius 1 is 1.64 bits per heavy atom. The van der Waals surface area contributed by atoms with Gasteiger partial charge in [0.2, 0.25) is 5.88 Å². The largest absolute Gasteiger partial charge is 0.481 e. The third-order valence-corrected chi connectivity index (χ3v) is 2.39. The summed E-state index contributed by atoms with van der Waals surface area (Å²) in [7, 11) is 1.25. The average Bonchev–Trinajstić information content (AvgIpc) is 2.17. The first-order valence-corrected chi connectivity index (χ1v) is 4.51. The van der Waals surface area contributed by atoms with E-state index in [1.165, 1.54) is 13.3 Å². The second-order valence-electron chi connectivity index (χ2n) is 2.47. The SMILES string of the molecule is COc1ncc(Br)c(CO)c1C(F)F. The van der Waals surface area contributed by atoms with Gasteiger partial charge < -0.3 is 9.84 Å². The highest BCUT2D eigenvalue weighted by atomic mass is 79.9. The summed E-state index contributed by atoms with van der Waals surface area (Å²) in [5, 5.41) is 8.92. The van der Waals surface area contributed by atoms with Crippen molar-refractivity contribution < 1.29 is 18.6 Å². The zero-order valence-electron chi connectivity index (χ0n) is 7.30. The third kappa shape index (κ3) is 2.01. The Balaban J connectivity index is 3.36. The fourth-order valence-electron chi connectivity index (χ4n) is 1.07. The van der Waals surface area contributed by atoms with Crippen molar-refractivity contribution in [2.75, 3.05) is 7.11 Å². The molecule has 0 saturated carbocycles. The zero-order chi connectivity index (χ0) is 10.7. The van der Waals surface area contributed by atoms with Crippen molar-refractivity contribution in [3.05, 3.63) is 21.8 Å². The van der Waals surface area contributed by atoms with Gasteiger partial charge in [-0.2, -0.15) is 0 Å². The maximum atomic E-state index is 12.6. The molecule has 0 aromatic carbocycles. The van der Waals surface area contributed by atoms with Gasteiger partial charge in [-0.05, 0) is 15.9 Å². The summed E-state index contributed by atoms with van der Waals surface area (Å²) in [6, 6.07) is 0. The van der Waals surface area contributed by atoms with Gasteiger partial charge in [0.15, 0.2) is 0 Å². The molecule has 14 heavy (non-hydrogen) atoms. The Labute approximate surface area is 87.9 Å². The first kappa shape index (κ1) is 11.3. The van der Waals surface area contributed by atoms with Crippen LogP contribution in [-0.4, -0.2) is 17.2 Å². The van der Waals surface area contributed by atoms with Gasteiger partial charge in [0.25, 0.3) is 6.43 Å². The van der Waals surface area contributed by atoms with E-state index < -0.39 is 13.0 Å². The number of halogens is 3. The number of rotatable bonds is 3. The number of methoxy groups -OCH3 is 1. The van der Waals surface area contributed by atoms with Crippen LogP contribution in [0, 0.1) is 0 Å². The molecule has 0 unspecified atom stereocenters. The molecule has 6 heteroatoms. The molecule has 0 bridgehead atoms. The number of alkyl halides is 2. The lowest BCUT2D eigenvalue weighted by atomic mass is 10.1. The first-order chi connectivity index (χ1) is 6.61. The van der Waals surface area contributed by atoms with E-state index in [1.54, 1.807) is 0 Å². The predicted octanol–water partition coefficient (Wildman–Crippen LogP) is 2.28. The van der Waals surface area contributed by atoms with Crippen molar-refractivity contribution in [2.24, 2.45) is 0 Å². The average molecular weight is 268 g/mol. The highest BCUT2D eigenvalue weighted by Crippen LogP contribution is 2.34. The minimum absolute atomic E-state index is 0.104. The van der Waals surface area contributed by atoms with Crippen molar-refractivity contribution in [3.8, 4) is 5.88 Å². The van der Waals surface area contributed by atoms with E-state index in [2.05, 4.69) is 25.7 Å². The second kappa shape index (κ2) is 4.65.